The van der Waals surface area contributed by atoms with E-state index in [1.165, 1.54) is 27.6 Å². The van der Waals surface area contributed by atoms with Gasteiger partial charge in [-0.25, -0.2) is 4.98 Å². The molecule has 6 aromatic carbocycles. The van der Waals surface area contributed by atoms with Crippen LogP contribution in [0.2, 0.25) is 0 Å². The lowest BCUT2D eigenvalue weighted by atomic mass is 9.92. The molecule has 0 atom stereocenters. The first-order valence-electron chi connectivity index (χ1n) is 16.3. The van der Waals surface area contributed by atoms with Crippen molar-refractivity contribution in [1.29, 1.82) is 0 Å². The highest BCUT2D eigenvalue weighted by Crippen LogP contribution is 2.67. The van der Waals surface area contributed by atoms with E-state index in [1.54, 1.807) is 0 Å². The van der Waals surface area contributed by atoms with Crippen molar-refractivity contribution in [1.82, 2.24) is 9.55 Å². The molecule has 0 spiro atoms. The predicted octanol–water partition coefficient (Wildman–Crippen LogP) is 11.9. The fraction of sp³-hybridized carbons (Fsp3) is 0.146. The number of para-hydroxylation sites is 3. The molecule has 0 N–H and O–H groups in total. The van der Waals surface area contributed by atoms with Crippen LogP contribution in [-0.2, 0) is 0 Å². The monoisotopic (exact) mass is 613 g/mol. The van der Waals surface area contributed by atoms with Crippen molar-refractivity contribution in [3.8, 4) is 51.6 Å². The Morgan fingerprint density at radius 1 is 0.532 bits per heavy atom. The van der Waals surface area contributed by atoms with Crippen LogP contribution in [0.25, 0.3) is 38.9 Å². The number of imidazole rings is 1. The summed E-state index contributed by atoms with van der Waals surface area (Å²) in [5, 5.41) is 2.35. The molecule has 0 fully saturated rings. The van der Waals surface area contributed by atoms with Crippen LogP contribution in [0.5, 0.6) is 34.5 Å². The number of fused-ring (bicyclic) bond motifs is 3. The molecule has 1 aromatic heterocycles. The van der Waals surface area contributed by atoms with Gasteiger partial charge in [-0.05, 0) is 70.8 Å². The first kappa shape index (κ1) is 26.5. The zero-order valence-electron chi connectivity index (χ0n) is 26.5. The standard InChI is InChI=1S/C41H31N3O3/c1-22(2)26-12-7-13-27(23(3)4)36(26)44-37-28-11-6-5-10-24(28)18-19-29(37)42-41(44)25-20-34-40-35(21-25)47-33-17-9-15-31-39(33)43(40)38-30(45-31)14-8-16-32(38)46-34/h5-23H,1-4H3. The van der Waals surface area contributed by atoms with Gasteiger partial charge in [0.1, 0.15) is 22.9 Å². The molecule has 6 nitrogen and oxygen atoms in total. The number of anilines is 3. The first-order valence-corrected chi connectivity index (χ1v) is 16.3. The van der Waals surface area contributed by atoms with Gasteiger partial charge in [0.2, 0.25) is 0 Å². The summed E-state index contributed by atoms with van der Waals surface area (Å²) < 4.78 is 22.1. The Kier molecular flexibility index (Phi) is 5.29. The van der Waals surface area contributed by atoms with Crippen molar-refractivity contribution in [2.45, 2.75) is 39.5 Å². The summed E-state index contributed by atoms with van der Waals surface area (Å²) in [6.45, 7) is 9.07. The molecule has 7 aromatic rings. The fourth-order valence-corrected chi connectivity index (χ4v) is 7.57. The molecule has 0 amide bonds. The summed E-state index contributed by atoms with van der Waals surface area (Å²) in [7, 11) is 0. The van der Waals surface area contributed by atoms with E-state index in [4.69, 9.17) is 19.2 Å². The lowest BCUT2D eigenvalue weighted by Crippen LogP contribution is -2.23. The highest BCUT2D eigenvalue weighted by Gasteiger charge is 2.42. The first-order chi connectivity index (χ1) is 23.0. The quantitative estimate of drug-likeness (QED) is 0.198. The molecule has 0 bridgehead atoms. The maximum absolute atomic E-state index is 6.69. The van der Waals surface area contributed by atoms with Crippen molar-refractivity contribution in [3.05, 3.63) is 114 Å². The molecule has 3 aliphatic rings. The minimum atomic E-state index is 0.304. The van der Waals surface area contributed by atoms with Gasteiger partial charge in [-0.15, -0.1) is 0 Å². The molecule has 6 heteroatoms. The third-order valence-electron chi connectivity index (χ3n) is 9.66. The van der Waals surface area contributed by atoms with Crippen LogP contribution < -0.4 is 19.1 Å². The van der Waals surface area contributed by atoms with Gasteiger partial charge in [-0.3, -0.25) is 9.47 Å². The van der Waals surface area contributed by atoms with Crippen molar-refractivity contribution < 1.29 is 14.2 Å². The Morgan fingerprint density at radius 2 is 1.06 bits per heavy atom. The average molecular weight is 614 g/mol. The predicted molar refractivity (Wildman–Crippen MR) is 187 cm³/mol. The van der Waals surface area contributed by atoms with Crippen LogP contribution in [0.3, 0.4) is 0 Å². The molecular weight excluding hydrogens is 582 g/mol. The average Bonchev–Trinajstić information content (AvgIpc) is 3.48. The lowest BCUT2D eigenvalue weighted by Gasteiger charge is -2.41. The van der Waals surface area contributed by atoms with Crippen LogP contribution in [-0.4, -0.2) is 9.55 Å². The number of hydrogen-bond acceptors (Lipinski definition) is 5. The Bertz CT molecular complexity index is 2370. The summed E-state index contributed by atoms with van der Waals surface area (Å²) >= 11 is 0. The smallest absolute Gasteiger partial charge is 0.156 e. The lowest BCUT2D eigenvalue weighted by molar-refractivity contribution is 0.418. The van der Waals surface area contributed by atoms with E-state index >= 15 is 0 Å². The van der Waals surface area contributed by atoms with Crippen LogP contribution in [0.4, 0.5) is 17.1 Å². The van der Waals surface area contributed by atoms with Gasteiger partial charge in [-0.1, -0.05) is 88.4 Å². The van der Waals surface area contributed by atoms with Gasteiger partial charge < -0.3 is 14.2 Å². The van der Waals surface area contributed by atoms with Gasteiger partial charge in [0.15, 0.2) is 34.5 Å². The third-order valence-corrected chi connectivity index (χ3v) is 9.66. The minimum absolute atomic E-state index is 0.304. The molecule has 3 aliphatic heterocycles. The number of benzene rings is 6. The summed E-state index contributed by atoms with van der Waals surface area (Å²) in [5.74, 6) is 5.89. The number of nitrogens with zero attached hydrogens (tertiary/aromatic N) is 3. The Hall–Kier alpha value is -5.75. The second-order valence-electron chi connectivity index (χ2n) is 13.2. The summed E-state index contributed by atoms with van der Waals surface area (Å²) in [5.41, 5.74) is 9.37. The summed E-state index contributed by atoms with van der Waals surface area (Å²) in [6.07, 6.45) is 0. The minimum Gasteiger partial charge on any atom is -0.453 e. The molecule has 0 saturated carbocycles. The molecule has 0 saturated heterocycles. The molecule has 0 unspecified atom stereocenters. The van der Waals surface area contributed by atoms with E-state index in [2.05, 4.69) is 104 Å². The van der Waals surface area contributed by atoms with Crippen molar-refractivity contribution in [2.75, 3.05) is 4.90 Å². The molecule has 47 heavy (non-hydrogen) atoms. The van der Waals surface area contributed by atoms with Crippen LogP contribution in [0, 0.1) is 0 Å². The normalized spacial score (nSPS) is 13.5. The van der Waals surface area contributed by atoms with E-state index < -0.39 is 0 Å². The topological polar surface area (TPSA) is 48.8 Å². The van der Waals surface area contributed by atoms with E-state index in [1.807, 2.05) is 36.4 Å². The van der Waals surface area contributed by atoms with Crippen molar-refractivity contribution in [3.63, 3.8) is 0 Å². The maximum atomic E-state index is 6.69. The number of hydrogen-bond donors (Lipinski definition) is 0. The zero-order valence-corrected chi connectivity index (χ0v) is 26.5. The van der Waals surface area contributed by atoms with Crippen LogP contribution in [0.15, 0.2) is 103 Å². The molecule has 10 rings (SSSR count). The maximum Gasteiger partial charge on any atom is 0.156 e. The second kappa shape index (κ2) is 9.39. The van der Waals surface area contributed by atoms with Crippen LogP contribution >= 0.6 is 0 Å². The second-order valence-corrected chi connectivity index (χ2v) is 13.2. The highest BCUT2D eigenvalue weighted by atomic mass is 16.5. The number of aromatic nitrogens is 2. The molecule has 228 valence electrons. The molecule has 4 heterocycles. The summed E-state index contributed by atoms with van der Waals surface area (Å²) in [4.78, 5) is 7.64. The van der Waals surface area contributed by atoms with Gasteiger partial charge >= 0.3 is 0 Å². The Balaban J connectivity index is 1.30. The third kappa shape index (κ3) is 3.58. The van der Waals surface area contributed by atoms with Gasteiger partial charge in [0.25, 0.3) is 0 Å². The zero-order chi connectivity index (χ0) is 31.6. The Labute approximate surface area is 272 Å². The van der Waals surface area contributed by atoms with E-state index in [9.17, 15) is 0 Å². The van der Waals surface area contributed by atoms with E-state index in [0.29, 0.717) is 23.3 Å². The number of ether oxygens (including phenoxy) is 3. The van der Waals surface area contributed by atoms with Gasteiger partial charge in [0.05, 0.1) is 16.7 Å². The van der Waals surface area contributed by atoms with Crippen molar-refractivity contribution >= 4 is 38.9 Å². The van der Waals surface area contributed by atoms with E-state index in [0.717, 1.165) is 62.5 Å². The van der Waals surface area contributed by atoms with Crippen LogP contribution in [0.1, 0.15) is 50.7 Å². The molecule has 0 aliphatic carbocycles. The Morgan fingerprint density at radius 3 is 1.66 bits per heavy atom. The van der Waals surface area contributed by atoms with E-state index in [-0.39, 0.29) is 0 Å². The SMILES string of the molecule is CC(C)c1cccc(C(C)C)c1-n1c(-c2cc3c4c(c2)Oc2cccc5c2N4c2c(cccc2O3)O5)nc2ccc3ccccc3c21. The molecular formula is C41H31N3O3. The number of rotatable bonds is 4. The molecule has 0 radical (unpaired) electrons. The fourth-order valence-electron chi connectivity index (χ4n) is 7.57. The van der Waals surface area contributed by atoms with Gasteiger partial charge in [0, 0.05) is 10.9 Å². The summed E-state index contributed by atoms with van der Waals surface area (Å²) in [6, 6.07) is 35.7. The van der Waals surface area contributed by atoms with Crippen molar-refractivity contribution in [2.24, 2.45) is 0 Å². The van der Waals surface area contributed by atoms with Gasteiger partial charge in [-0.2, -0.15) is 0 Å². The highest BCUT2D eigenvalue weighted by molar-refractivity contribution is 6.07. The largest absolute Gasteiger partial charge is 0.453 e.